The highest BCUT2D eigenvalue weighted by atomic mass is 16.1. The summed E-state index contributed by atoms with van der Waals surface area (Å²) in [6, 6.07) is 20.4. The van der Waals surface area contributed by atoms with Crippen LogP contribution < -0.4 is 5.32 Å². The molecule has 2 aromatic rings. The first-order chi connectivity index (χ1) is 11.2. The van der Waals surface area contributed by atoms with E-state index in [1.807, 2.05) is 6.07 Å². The summed E-state index contributed by atoms with van der Waals surface area (Å²) in [7, 11) is 0. The summed E-state index contributed by atoms with van der Waals surface area (Å²) in [5.41, 5.74) is 0.686. The number of nitrogens with zero attached hydrogens (tertiary/aromatic N) is 3. The third-order valence-corrected chi connectivity index (χ3v) is 3.05. The number of rotatable bonds is 4. The zero-order valence-electron chi connectivity index (χ0n) is 11.9. The normalized spacial score (nSPS) is 8.91. The Hall–Kier alpha value is -3.88. The van der Waals surface area contributed by atoms with E-state index in [0.717, 1.165) is 0 Å². The van der Waals surface area contributed by atoms with Gasteiger partial charge < -0.3 is 5.32 Å². The lowest BCUT2D eigenvalue weighted by Gasteiger charge is -2.10. The van der Waals surface area contributed by atoms with Crippen LogP contribution in [0.4, 0.5) is 5.69 Å². The Morgan fingerprint density at radius 3 is 2.04 bits per heavy atom. The third-order valence-electron chi connectivity index (χ3n) is 3.05. The van der Waals surface area contributed by atoms with Crippen molar-refractivity contribution < 1.29 is 4.79 Å². The van der Waals surface area contributed by atoms with E-state index in [1.165, 1.54) is 0 Å². The number of allylic oxidation sites excluding steroid dienone is 2. The van der Waals surface area contributed by atoms with Gasteiger partial charge in [0.2, 0.25) is 0 Å². The Bertz CT molecular complexity index is 877. The van der Waals surface area contributed by atoms with Gasteiger partial charge in [-0.1, -0.05) is 42.5 Å². The molecule has 0 aliphatic heterocycles. The molecular weight excluding hydrogens is 288 g/mol. The fourth-order valence-electron chi connectivity index (χ4n) is 1.95. The van der Waals surface area contributed by atoms with Gasteiger partial charge in [0.05, 0.1) is 5.69 Å². The maximum atomic E-state index is 12.6. The van der Waals surface area contributed by atoms with Gasteiger partial charge in [-0.3, -0.25) is 4.79 Å². The van der Waals surface area contributed by atoms with Crippen molar-refractivity contribution in [3.8, 4) is 18.2 Å². The number of benzene rings is 2. The molecule has 0 heterocycles. The third kappa shape index (κ3) is 3.42. The van der Waals surface area contributed by atoms with Crippen LogP contribution in [0.3, 0.4) is 0 Å². The van der Waals surface area contributed by atoms with Gasteiger partial charge in [0.15, 0.2) is 11.4 Å². The van der Waals surface area contributed by atoms with Crippen molar-refractivity contribution in [3.05, 3.63) is 77.0 Å². The SMILES string of the molecule is N#CC(C#N)=C(C#N)Nc1ccccc1C(=O)c1ccccc1. The van der Waals surface area contributed by atoms with Crippen molar-refractivity contribution in [1.29, 1.82) is 15.8 Å². The summed E-state index contributed by atoms with van der Waals surface area (Å²) in [6.07, 6.45) is 0. The number of nitriles is 3. The molecule has 0 fully saturated rings. The summed E-state index contributed by atoms with van der Waals surface area (Å²) in [6.45, 7) is 0. The number of hydrogen-bond acceptors (Lipinski definition) is 5. The van der Waals surface area contributed by atoms with Crippen molar-refractivity contribution in [3.63, 3.8) is 0 Å². The number of ketones is 1. The Kier molecular flexibility index (Phi) is 4.87. The smallest absolute Gasteiger partial charge is 0.195 e. The minimum absolute atomic E-state index is 0.191. The van der Waals surface area contributed by atoms with Crippen LogP contribution in [0.1, 0.15) is 15.9 Å². The molecule has 0 aliphatic rings. The summed E-state index contributed by atoms with van der Waals surface area (Å²) in [5.74, 6) is -0.221. The van der Waals surface area contributed by atoms with E-state index in [4.69, 9.17) is 15.8 Å². The van der Waals surface area contributed by atoms with E-state index in [0.29, 0.717) is 16.8 Å². The van der Waals surface area contributed by atoms with Crippen LogP contribution in [0.25, 0.3) is 0 Å². The summed E-state index contributed by atoms with van der Waals surface area (Å²) >= 11 is 0. The Balaban J connectivity index is 2.46. The molecular formula is C18H10N4O. The zero-order chi connectivity index (χ0) is 16.7. The van der Waals surface area contributed by atoms with Crippen LogP contribution in [0, 0.1) is 34.0 Å². The molecule has 0 aromatic heterocycles. The zero-order valence-corrected chi connectivity index (χ0v) is 11.9. The van der Waals surface area contributed by atoms with Crippen LogP contribution in [0.2, 0.25) is 0 Å². The average Bonchev–Trinajstić information content (AvgIpc) is 2.62. The molecule has 0 aliphatic carbocycles. The molecule has 23 heavy (non-hydrogen) atoms. The highest BCUT2D eigenvalue weighted by Crippen LogP contribution is 2.21. The second-order valence-electron chi connectivity index (χ2n) is 4.45. The predicted octanol–water partition coefficient (Wildman–Crippen LogP) is 3.15. The van der Waals surface area contributed by atoms with Crippen LogP contribution >= 0.6 is 0 Å². The maximum Gasteiger partial charge on any atom is 0.195 e. The number of nitrogens with one attached hydrogen (secondary N) is 1. The lowest BCUT2D eigenvalue weighted by atomic mass is 10.0. The lowest BCUT2D eigenvalue weighted by molar-refractivity contribution is 0.103. The Morgan fingerprint density at radius 1 is 0.826 bits per heavy atom. The van der Waals surface area contributed by atoms with Gasteiger partial charge in [-0.2, -0.15) is 15.8 Å². The van der Waals surface area contributed by atoms with Gasteiger partial charge in [0, 0.05) is 11.1 Å². The first-order valence-electron chi connectivity index (χ1n) is 6.61. The number of carbonyl (C=O) groups is 1. The molecule has 0 saturated carbocycles. The number of carbonyl (C=O) groups excluding carboxylic acids is 1. The van der Waals surface area contributed by atoms with Crippen LogP contribution in [-0.2, 0) is 0 Å². The summed E-state index contributed by atoms with van der Waals surface area (Å²) in [4.78, 5) is 12.6. The van der Waals surface area contributed by atoms with Gasteiger partial charge in [-0.25, -0.2) is 0 Å². The van der Waals surface area contributed by atoms with Crippen molar-refractivity contribution in [2.45, 2.75) is 0 Å². The standard InChI is InChI=1S/C18H10N4O/c19-10-14(11-20)17(12-21)22-16-9-5-4-8-15(16)18(23)13-6-2-1-3-7-13/h1-9,22H. The van der Waals surface area contributed by atoms with E-state index >= 15 is 0 Å². The van der Waals surface area contributed by atoms with Crippen molar-refractivity contribution in [2.75, 3.05) is 5.32 Å². The van der Waals surface area contributed by atoms with E-state index in [9.17, 15) is 4.79 Å². The molecule has 0 spiro atoms. The molecule has 0 unspecified atom stereocenters. The highest BCUT2D eigenvalue weighted by molar-refractivity contribution is 6.12. The van der Waals surface area contributed by atoms with Crippen molar-refractivity contribution in [1.82, 2.24) is 0 Å². The van der Waals surface area contributed by atoms with E-state index < -0.39 is 0 Å². The molecule has 0 bridgehead atoms. The minimum Gasteiger partial charge on any atom is -0.345 e. The van der Waals surface area contributed by atoms with E-state index in [-0.39, 0.29) is 17.1 Å². The molecule has 0 saturated heterocycles. The fourth-order valence-corrected chi connectivity index (χ4v) is 1.95. The Labute approximate surface area is 133 Å². The fraction of sp³-hybridized carbons (Fsp3) is 0. The quantitative estimate of drug-likeness (QED) is 0.690. The first-order valence-corrected chi connectivity index (χ1v) is 6.61. The molecule has 108 valence electrons. The largest absolute Gasteiger partial charge is 0.345 e. The van der Waals surface area contributed by atoms with Crippen molar-refractivity contribution in [2.24, 2.45) is 0 Å². The molecule has 2 aromatic carbocycles. The van der Waals surface area contributed by atoms with Gasteiger partial charge >= 0.3 is 0 Å². The average molecular weight is 298 g/mol. The molecule has 1 N–H and O–H groups in total. The molecule has 5 nitrogen and oxygen atoms in total. The maximum absolute atomic E-state index is 12.6. The molecule has 0 radical (unpaired) electrons. The highest BCUT2D eigenvalue weighted by Gasteiger charge is 2.15. The summed E-state index contributed by atoms with van der Waals surface area (Å²) in [5, 5.41) is 29.6. The van der Waals surface area contributed by atoms with Crippen LogP contribution in [0.5, 0.6) is 0 Å². The second kappa shape index (κ2) is 7.22. The molecule has 5 heteroatoms. The van der Waals surface area contributed by atoms with E-state index in [2.05, 4.69) is 5.32 Å². The number of para-hydroxylation sites is 1. The monoisotopic (exact) mass is 298 g/mol. The molecule has 0 amide bonds. The lowest BCUT2D eigenvalue weighted by Crippen LogP contribution is -2.08. The molecule has 0 atom stereocenters. The van der Waals surface area contributed by atoms with Gasteiger partial charge in [0.25, 0.3) is 0 Å². The van der Waals surface area contributed by atoms with Crippen LogP contribution in [0.15, 0.2) is 65.9 Å². The topological polar surface area (TPSA) is 100 Å². The van der Waals surface area contributed by atoms with Crippen LogP contribution in [-0.4, -0.2) is 5.78 Å². The van der Waals surface area contributed by atoms with Crippen molar-refractivity contribution >= 4 is 11.5 Å². The number of anilines is 1. The summed E-state index contributed by atoms with van der Waals surface area (Å²) < 4.78 is 0. The first kappa shape index (κ1) is 15.5. The predicted molar refractivity (Wildman–Crippen MR) is 83.8 cm³/mol. The van der Waals surface area contributed by atoms with Gasteiger partial charge in [-0.05, 0) is 12.1 Å². The Morgan fingerprint density at radius 2 is 1.43 bits per heavy atom. The molecule has 2 rings (SSSR count). The minimum atomic E-state index is -0.338. The van der Waals surface area contributed by atoms with Gasteiger partial charge in [-0.15, -0.1) is 0 Å². The second-order valence-corrected chi connectivity index (χ2v) is 4.45. The number of hydrogen-bond donors (Lipinski definition) is 1. The van der Waals surface area contributed by atoms with Gasteiger partial charge in [0.1, 0.15) is 23.9 Å². The van der Waals surface area contributed by atoms with E-state index in [1.54, 1.807) is 66.7 Å².